The van der Waals surface area contributed by atoms with Crippen LogP contribution in [0.3, 0.4) is 0 Å². The average Bonchev–Trinajstić information content (AvgIpc) is 3.52. The van der Waals surface area contributed by atoms with Gasteiger partial charge in [0, 0.05) is 23.4 Å². The van der Waals surface area contributed by atoms with Crippen molar-refractivity contribution in [2.45, 2.75) is 95.5 Å². The molecule has 0 bridgehead atoms. The summed E-state index contributed by atoms with van der Waals surface area (Å²) in [4.78, 5) is 39.7. The minimum Gasteiger partial charge on any atom is -0.480 e. The molecular formula is C28H38BrNO6. The first kappa shape index (κ1) is 28.4. The molecule has 1 saturated carbocycles. The molecule has 1 heterocycles. The fourth-order valence-electron chi connectivity index (χ4n) is 5.04. The Morgan fingerprint density at radius 2 is 1.83 bits per heavy atom. The molecule has 1 amide bonds. The van der Waals surface area contributed by atoms with Crippen LogP contribution >= 0.6 is 15.9 Å². The van der Waals surface area contributed by atoms with E-state index in [4.69, 9.17) is 9.47 Å². The number of esters is 1. The largest absolute Gasteiger partial charge is 0.480 e. The summed E-state index contributed by atoms with van der Waals surface area (Å²) in [5, 5.41) is 9.84. The Morgan fingerprint density at radius 3 is 2.50 bits per heavy atom. The minimum absolute atomic E-state index is 0.00987. The molecule has 36 heavy (non-hydrogen) atoms. The molecule has 198 valence electrons. The van der Waals surface area contributed by atoms with Crippen molar-refractivity contribution in [3.8, 4) is 0 Å². The Bertz CT molecular complexity index is 883. The maximum absolute atomic E-state index is 13.6. The lowest BCUT2D eigenvalue weighted by Crippen LogP contribution is -2.44. The van der Waals surface area contributed by atoms with Crippen molar-refractivity contribution in [3.05, 3.63) is 47.0 Å². The van der Waals surface area contributed by atoms with E-state index in [1.807, 2.05) is 30.3 Å². The Morgan fingerprint density at radius 1 is 1.11 bits per heavy atom. The quantitative estimate of drug-likeness (QED) is 0.178. The van der Waals surface area contributed by atoms with Gasteiger partial charge in [0.1, 0.15) is 12.1 Å². The highest BCUT2D eigenvalue weighted by molar-refractivity contribution is 9.10. The van der Waals surface area contributed by atoms with Gasteiger partial charge in [0.25, 0.3) is 0 Å². The standard InChI is InChI=1S/C28H38BrNO6/c1-2-3-4-5-6-9-21(16-26(31)36-23-10-7-8-11-23)27(32)30-18-24(17-25(30)28(33)34)35-19-20-12-14-22(29)15-13-20/h2,12-15,21,23-25H,1,3-11,16-19H2,(H,33,34)/t21-,24+,25+/m1/s1. The zero-order valence-electron chi connectivity index (χ0n) is 20.9. The molecule has 7 nitrogen and oxygen atoms in total. The molecule has 2 fully saturated rings. The van der Waals surface area contributed by atoms with E-state index in [1.165, 1.54) is 4.90 Å². The number of carbonyl (C=O) groups is 3. The van der Waals surface area contributed by atoms with E-state index in [2.05, 4.69) is 22.5 Å². The van der Waals surface area contributed by atoms with Crippen LogP contribution in [0.4, 0.5) is 0 Å². The van der Waals surface area contributed by atoms with E-state index in [9.17, 15) is 19.5 Å². The van der Waals surface area contributed by atoms with Crippen molar-refractivity contribution in [1.82, 2.24) is 4.90 Å². The number of unbranched alkanes of at least 4 members (excludes halogenated alkanes) is 3. The lowest BCUT2D eigenvalue weighted by molar-refractivity contribution is -0.155. The summed E-state index contributed by atoms with van der Waals surface area (Å²) >= 11 is 3.41. The fraction of sp³-hybridized carbons (Fsp3) is 0.607. The second-order valence-electron chi connectivity index (χ2n) is 9.86. The zero-order valence-corrected chi connectivity index (χ0v) is 22.5. The van der Waals surface area contributed by atoms with Gasteiger partial charge in [-0.25, -0.2) is 4.79 Å². The molecule has 0 unspecified atom stereocenters. The van der Waals surface area contributed by atoms with Gasteiger partial charge in [0.05, 0.1) is 19.1 Å². The molecular weight excluding hydrogens is 526 g/mol. The highest BCUT2D eigenvalue weighted by Gasteiger charge is 2.42. The Balaban J connectivity index is 1.62. The smallest absolute Gasteiger partial charge is 0.326 e. The molecule has 0 radical (unpaired) electrons. The van der Waals surface area contributed by atoms with Crippen LogP contribution in [0, 0.1) is 5.92 Å². The highest BCUT2D eigenvalue weighted by Crippen LogP contribution is 2.28. The second-order valence-corrected chi connectivity index (χ2v) is 10.8. The Hall–Kier alpha value is -2.19. The number of carboxylic acid groups (broad SMARTS) is 1. The van der Waals surface area contributed by atoms with Gasteiger partial charge in [-0.15, -0.1) is 6.58 Å². The van der Waals surface area contributed by atoms with Crippen molar-refractivity contribution in [1.29, 1.82) is 0 Å². The predicted octanol–water partition coefficient (Wildman–Crippen LogP) is 5.65. The van der Waals surface area contributed by atoms with E-state index in [1.54, 1.807) is 0 Å². The normalized spacial score (nSPS) is 20.9. The van der Waals surface area contributed by atoms with Crippen LogP contribution in [0.25, 0.3) is 0 Å². The number of likely N-dealkylation sites (tertiary alicyclic amines) is 1. The van der Waals surface area contributed by atoms with Crippen LogP contribution < -0.4 is 0 Å². The third-order valence-electron chi connectivity index (χ3n) is 7.05. The zero-order chi connectivity index (χ0) is 25.9. The van der Waals surface area contributed by atoms with Crippen LogP contribution in [0.15, 0.2) is 41.4 Å². The number of halogens is 1. The number of amides is 1. The van der Waals surface area contributed by atoms with E-state index >= 15 is 0 Å². The molecule has 0 spiro atoms. The molecule has 8 heteroatoms. The molecule has 3 rings (SSSR count). The highest BCUT2D eigenvalue weighted by atomic mass is 79.9. The summed E-state index contributed by atoms with van der Waals surface area (Å²) < 4.78 is 12.6. The molecule has 1 aliphatic carbocycles. The van der Waals surface area contributed by atoms with E-state index in [0.717, 1.165) is 61.4 Å². The summed E-state index contributed by atoms with van der Waals surface area (Å²) in [5.74, 6) is -2.28. The van der Waals surface area contributed by atoms with Gasteiger partial charge in [0.15, 0.2) is 0 Å². The number of benzene rings is 1. The van der Waals surface area contributed by atoms with Crippen LogP contribution in [-0.2, 0) is 30.5 Å². The third kappa shape index (κ3) is 8.73. The first-order chi connectivity index (χ1) is 17.4. The van der Waals surface area contributed by atoms with Crippen molar-refractivity contribution in [3.63, 3.8) is 0 Å². The van der Waals surface area contributed by atoms with Gasteiger partial charge >= 0.3 is 11.9 Å². The molecule has 1 aromatic carbocycles. The monoisotopic (exact) mass is 563 g/mol. The number of rotatable bonds is 14. The number of allylic oxidation sites excluding steroid dienone is 1. The number of ether oxygens (including phenoxy) is 2. The molecule has 2 aliphatic rings. The van der Waals surface area contributed by atoms with Crippen molar-refractivity contribution >= 4 is 33.8 Å². The minimum atomic E-state index is -1.05. The van der Waals surface area contributed by atoms with Gasteiger partial charge in [-0.05, 0) is 62.6 Å². The fourth-order valence-corrected chi connectivity index (χ4v) is 5.30. The van der Waals surface area contributed by atoms with Crippen LogP contribution in [0.1, 0.15) is 76.2 Å². The lowest BCUT2D eigenvalue weighted by atomic mass is 9.95. The number of hydrogen-bond donors (Lipinski definition) is 1. The second kappa shape index (κ2) is 14.5. The first-order valence-electron chi connectivity index (χ1n) is 13.1. The predicted molar refractivity (Wildman–Crippen MR) is 140 cm³/mol. The topological polar surface area (TPSA) is 93.1 Å². The molecule has 1 saturated heterocycles. The van der Waals surface area contributed by atoms with Gasteiger partial charge in [0.2, 0.25) is 5.91 Å². The lowest BCUT2D eigenvalue weighted by Gasteiger charge is -2.27. The number of hydrogen-bond acceptors (Lipinski definition) is 5. The van der Waals surface area contributed by atoms with Gasteiger partial charge < -0.3 is 19.5 Å². The molecule has 1 N–H and O–H groups in total. The first-order valence-corrected chi connectivity index (χ1v) is 13.9. The SMILES string of the molecule is C=CCCCCC[C@H](CC(=O)OC1CCCC1)C(=O)N1C[C@@H](OCc2ccc(Br)cc2)C[C@H]1C(=O)O. The van der Waals surface area contributed by atoms with E-state index < -0.39 is 17.9 Å². The molecule has 3 atom stereocenters. The molecule has 1 aromatic rings. The maximum atomic E-state index is 13.6. The molecule has 1 aliphatic heterocycles. The summed E-state index contributed by atoms with van der Waals surface area (Å²) in [6.45, 7) is 4.29. The summed E-state index contributed by atoms with van der Waals surface area (Å²) in [5.41, 5.74) is 0.974. The average molecular weight is 565 g/mol. The summed E-state index contributed by atoms with van der Waals surface area (Å²) in [7, 11) is 0. The van der Waals surface area contributed by atoms with Gasteiger partial charge in [-0.3, -0.25) is 9.59 Å². The number of carboxylic acids is 1. The number of aliphatic carboxylic acids is 1. The Labute approximate surface area is 222 Å². The summed E-state index contributed by atoms with van der Waals surface area (Å²) in [6, 6.07) is 6.77. The van der Waals surface area contributed by atoms with E-state index in [0.29, 0.717) is 13.0 Å². The van der Waals surface area contributed by atoms with Crippen molar-refractivity contribution in [2.24, 2.45) is 5.92 Å². The Kier molecular flexibility index (Phi) is 11.5. The number of nitrogens with zero attached hydrogens (tertiary/aromatic N) is 1. The third-order valence-corrected chi connectivity index (χ3v) is 7.58. The van der Waals surface area contributed by atoms with Crippen LogP contribution in [0.2, 0.25) is 0 Å². The van der Waals surface area contributed by atoms with Gasteiger partial charge in [-0.1, -0.05) is 47.0 Å². The van der Waals surface area contributed by atoms with Gasteiger partial charge in [-0.2, -0.15) is 0 Å². The summed E-state index contributed by atoms with van der Waals surface area (Å²) in [6.07, 6.45) is 9.64. The maximum Gasteiger partial charge on any atom is 0.326 e. The van der Waals surface area contributed by atoms with Crippen molar-refractivity contribution < 1.29 is 29.0 Å². The molecule has 0 aromatic heterocycles. The van der Waals surface area contributed by atoms with E-state index in [-0.39, 0.29) is 43.5 Å². The van der Waals surface area contributed by atoms with Crippen LogP contribution in [0.5, 0.6) is 0 Å². The van der Waals surface area contributed by atoms with Crippen LogP contribution in [-0.4, -0.2) is 52.6 Å². The van der Waals surface area contributed by atoms with Crippen molar-refractivity contribution in [2.75, 3.05) is 6.54 Å². The number of carbonyl (C=O) groups excluding carboxylic acids is 2.